The molecular weight excluding hydrogens is 486 g/mol. The third kappa shape index (κ3) is 3.24. The summed E-state index contributed by atoms with van der Waals surface area (Å²) in [4.78, 5) is 18.0. The Morgan fingerprint density at radius 3 is 2.18 bits per heavy atom. The van der Waals surface area contributed by atoms with Gasteiger partial charge in [0.05, 0.1) is 16.6 Å². The minimum Gasteiger partial charge on any atom is -0.308 e. The van der Waals surface area contributed by atoms with Crippen molar-refractivity contribution in [2.75, 3.05) is 0 Å². The van der Waals surface area contributed by atoms with Gasteiger partial charge in [0.15, 0.2) is 5.82 Å². The van der Waals surface area contributed by atoms with E-state index in [-0.39, 0.29) is 0 Å². The lowest BCUT2D eigenvalue weighted by molar-refractivity contribution is 1.15. The molecule has 0 aliphatic carbocycles. The molecule has 0 radical (unpaired) electrons. The molecule has 0 N–H and O–H groups in total. The third-order valence-electron chi connectivity index (χ3n) is 7.06. The predicted octanol–water partition coefficient (Wildman–Crippen LogP) is 8.07. The molecule has 0 bridgehead atoms. The predicted molar refractivity (Wildman–Crippen MR) is 156 cm³/mol. The number of thiophene rings is 1. The van der Waals surface area contributed by atoms with E-state index >= 15 is 0 Å². The van der Waals surface area contributed by atoms with Crippen molar-refractivity contribution in [3.05, 3.63) is 116 Å². The van der Waals surface area contributed by atoms with Crippen molar-refractivity contribution < 1.29 is 0 Å². The second-order valence-electron chi connectivity index (χ2n) is 9.25. The van der Waals surface area contributed by atoms with Gasteiger partial charge in [0.2, 0.25) is 0 Å². The maximum absolute atomic E-state index is 4.96. The van der Waals surface area contributed by atoms with E-state index in [0.29, 0.717) is 5.82 Å². The Kier molecular flexibility index (Phi) is 4.62. The Labute approximate surface area is 221 Å². The molecule has 8 aromatic rings. The highest BCUT2D eigenvalue weighted by molar-refractivity contribution is 7.25. The highest BCUT2D eigenvalue weighted by atomic mass is 32.1. The van der Waals surface area contributed by atoms with Crippen LogP contribution in [0.1, 0.15) is 0 Å². The number of rotatable bonds is 3. The summed E-state index contributed by atoms with van der Waals surface area (Å²) in [6, 6.07) is 29.9. The number of hydrogen-bond acceptors (Lipinski definition) is 5. The van der Waals surface area contributed by atoms with Crippen molar-refractivity contribution in [2.45, 2.75) is 0 Å². The minimum absolute atomic E-state index is 0.665. The van der Waals surface area contributed by atoms with Gasteiger partial charge in [0, 0.05) is 67.8 Å². The van der Waals surface area contributed by atoms with E-state index in [1.54, 1.807) is 12.4 Å². The van der Waals surface area contributed by atoms with Gasteiger partial charge in [-0.2, -0.15) is 0 Å². The van der Waals surface area contributed by atoms with Crippen LogP contribution in [0.3, 0.4) is 0 Å². The van der Waals surface area contributed by atoms with Crippen molar-refractivity contribution in [3.8, 4) is 28.2 Å². The van der Waals surface area contributed by atoms with Gasteiger partial charge in [-0.1, -0.05) is 30.3 Å². The molecule has 0 saturated heterocycles. The van der Waals surface area contributed by atoms with Crippen molar-refractivity contribution in [2.24, 2.45) is 0 Å². The molecule has 0 aliphatic rings. The van der Waals surface area contributed by atoms with Gasteiger partial charge in [0.25, 0.3) is 0 Å². The van der Waals surface area contributed by atoms with E-state index in [1.807, 2.05) is 48.1 Å². The lowest BCUT2D eigenvalue weighted by Gasteiger charge is -2.10. The van der Waals surface area contributed by atoms with Crippen LogP contribution in [0.4, 0.5) is 0 Å². The number of hydrogen-bond donors (Lipinski definition) is 0. The number of pyridine rings is 2. The van der Waals surface area contributed by atoms with Crippen molar-refractivity contribution in [1.29, 1.82) is 0 Å². The van der Waals surface area contributed by atoms with Crippen LogP contribution in [0, 0.1) is 0 Å². The molecular formula is C32H19N5S. The summed E-state index contributed by atoms with van der Waals surface area (Å²) in [5, 5.41) is 3.68. The van der Waals surface area contributed by atoms with E-state index in [9.17, 15) is 0 Å². The monoisotopic (exact) mass is 505 g/mol. The maximum Gasteiger partial charge on any atom is 0.160 e. The van der Waals surface area contributed by atoms with E-state index in [0.717, 1.165) is 44.3 Å². The van der Waals surface area contributed by atoms with Crippen molar-refractivity contribution in [3.63, 3.8) is 0 Å². The first kappa shape index (κ1) is 21.2. The van der Waals surface area contributed by atoms with Crippen LogP contribution in [0.2, 0.25) is 0 Å². The molecule has 38 heavy (non-hydrogen) atoms. The van der Waals surface area contributed by atoms with Crippen LogP contribution in [0.25, 0.3) is 70.3 Å². The molecule has 0 spiro atoms. The fourth-order valence-electron chi connectivity index (χ4n) is 5.29. The zero-order valence-corrected chi connectivity index (χ0v) is 20.9. The average Bonchev–Trinajstić information content (AvgIpc) is 3.51. The van der Waals surface area contributed by atoms with E-state index in [4.69, 9.17) is 4.98 Å². The van der Waals surface area contributed by atoms with Crippen LogP contribution in [-0.4, -0.2) is 24.5 Å². The topological polar surface area (TPSA) is 56.5 Å². The van der Waals surface area contributed by atoms with E-state index < -0.39 is 0 Å². The summed E-state index contributed by atoms with van der Waals surface area (Å²) in [6.07, 6.45) is 9.05. The molecule has 178 valence electrons. The van der Waals surface area contributed by atoms with Gasteiger partial charge in [-0.05, 0) is 65.7 Å². The number of aromatic nitrogens is 5. The van der Waals surface area contributed by atoms with Crippen LogP contribution < -0.4 is 0 Å². The summed E-state index contributed by atoms with van der Waals surface area (Å²) in [5.41, 5.74) is 7.40. The first-order valence-corrected chi connectivity index (χ1v) is 13.2. The summed E-state index contributed by atoms with van der Waals surface area (Å²) in [5.74, 6) is 0.665. The number of fused-ring (bicyclic) bond motifs is 6. The molecule has 0 saturated carbocycles. The molecule has 5 nitrogen and oxygen atoms in total. The summed E-state index contributed by atoms with van der Waals surface area (Å²) < 4.78 is 4.87. The number of nitrogens with zero attached hydrogens (tertiary/aromatic N) is 5. The molecule has 0 atom stereocenters. The standard InChI is InChI=1S/C32H19N5S/c1-2-5-29-24(4-1)25-17-26-27(18-30(25)38-29)37(23-8-6-20(7-9-23)21-10-14-33-15-11-21)28-16-22(19-36-31(26)28)32-34-12-3-13-35-32/h1-19H. The van der Waals surface area contributed by atoms with Crippen LogP contribution in [-0.2, 0) is 0 Å². The molecule has 5 aromatic heterocycles. The quantitative estimate of drug-likeness (QED) is 0.244. The van der Waals surface area contributed by atoms with Gasteiger partial charge in [-0.25, -0.2) is 9.97 Å². The lowest BCUT2D eigenvalue weighted by atomic mass is 10.1. The molecule has 8 rings (SSSR count). The molecule has 5 heterocycles. The SMILES string of the molecule is c1cnc(-c2cnc3c4cc5c(cc4n(-c4ccc(-c6ccncc6)cc4)c3c2)sc2ccccc25)nc1. The fourth-order valence-corrected chi connectivity index (χ4v) is 6.41. The van der Waals surface area contributed by atoms with Gasteiger partial charge in [-0.3, -0.25) is 9.97 Å². The van der Waals surface area contributed by atoms with E-state index in [1.165, 1.54) is 20.2 Å². The molecule has 0 aliphatic heterocycles. The molecule has 0 amide bonds. The fraction of sp³-hybridized carbons (Fsp3) is 0. The first-order chi connectivity index (χ1) is 18.8. The Morgan fingerprint density at radius 1 is 0.553 bits per heavy atom. The maximum atomic E-state index is 4.96. The number of benzene rings is 3. The Bertz CT molecular complexity index is 2110. The first-order valence-electron chi connectivity index (χ1n) is 12.4. The van der Waals surface area contributed by atoms with Crippen LogP contribution >= 0.6 is 11.3 Å². The zero-order chi connectivity index (χ0) is 25.1. The summed E-state index contributed by atoms with van der Waals surface area (Å²) in [7, 11) is 0. The van der Waals surface area contributed by atoms with Gasteiger partial charge in [-0.15, -0.1) is 11.3 Å². The summed E-state index contributed by atoms with van der Waals surface area (Å²) >= 11 is 1.83. The molecule has 3 aromatic carbocycles. The summed E-state index contributed by atoms with van der Waals surface area (Å²) in [6.45, 7) is 0. The molecule has 0 fully saturated rings. The Morgan fingerprint density at radius 2 is 1.34 bits per heavy atom. The van der Waals surface area contributed by atoms with Crippen molar-refractivity contribution >= 4 is 53.4 Å². The highest BCUT2D eigenvalue weighted by Crippen LogP contribution is 2.40. The van der Waals surface area contributed by atoms with Gasteiger partial charge >= 0.3 is 0 Å². The Hall–Kier alpha value is -4.94. The normalized spacial score (nSPS) is 11.7. The molecule has 6 heteroatoms. The smallest absolute Gasteiger partial charge is 0.160 e. The minimum atomic E-state index is 0.665. The average molecular weight is 506 g/mol. The van der Waals surface area contributed by atoms with Crippen LogP contribution in [0.5, 0.6) is 0 Å². The second kappa shape index (κ2) is 8.30. The van der Waals surface area contributed by atoms with Gasteiger partial charge in [0.1, 0.15) is 0 Å². The molecule has 0 unspecified atom stereocenters. The van der Waals surface area contributed by atoms with Crippen LogP contribution in [0.15, 0.2) is 116 Å². The third-order valence-corrected chi connectivity index (χ3v) is 8.20. The van der Waals surface area contributed by atoms with Gasteiger partial charge < -0.3 is 4.57 Å². The van der Waals surface area contributed by atoms with E-state index in [2.05, 4.69) is 86.2 Å². The largest absolute Gasteiger partial charge is 0.308 e. The zero-order valence-electron chi connectivity index (χ0n) is 20.1. The Balaban J connectivity index is 1.42. The van der Waals surface area contributed by atoms with Crippen molar-refractivity contribution in [1.82, 2.24) is 24.5 Å². The highest BCUT2D eigenvalue weighted by Gasteiger charge is 2.18. The second-order valence-corrected chi connectivity index (χ2v) is 10.3. The lowest BCUT2D eigenvalue weighted by Crippen LogP contribution is -1.95.